The molecule has 0 spiro atoms. The number of methoxy groups -OCH3 is 1. The molecule has 3 aliphatic rings. The number of carbonyl (C=O) groups excluding carboxylic acids is 1. The van der Waals surface area contributed by atoms with Gasteiger partial charge < -0.3 is 19.5 Å². The van der Waals surface area contributed by atoms with Crippen molar-refractivity contribution in [1.29, 1.82) is 0 Å². The molecule has 1 amide bonds. The highest BCUT2D eigenvalue weighted by atomic mass is 16.5. The van der Waals surface area contributed by atoms with E-state index in [9.17, 15) is 14.7 Å². The van der Waals surface area contributed by atoms with Crippen molar-refractivity contribution in [3.63, 3.8) is 0 Å². The Bertz CT molecular complexity index is 712. The van der Waals surface area contributed by atoms with Crippen LogP contribution in [0.5, 0.6) is 11.5 Å². The Balaban J connectivity index is 1.70. The minimum absolute atomic E-state index is 0.0525. The van der Waals surface area contributed by atoms with E-state index in [0.29, 0.717) is 18.0 Å². The van der Waals surface area contributed by atoms with Gasteiger partial charge in [0, 0.05) is 30.5 Å². The molecule has 1 saturated carbocycles. The molecule has 2 heterocycles. The first-order valence-corrected chi connectivity index (χ1v) is 8.88. The molecular weight excluding hydrogens is 322 g/mol. The van der Waals surface area contributed by atoms with Gasteiger partial charge in [-0.25, -0.2) is 0 Å². The summed E-state index contributed by atoms with van der Waals surface area (Å²) in [4.78, 5) is 26.8. The van der Waals surface area contributed by atoms with Crippen LogP contribution in [-0.4, -0.2) is 48.7 Å². The maximum atomic E-state index is 12.9. The second kappa shape index (κ2) is 5.93. The topological polar surface area (TPSA) is 76.1 Å². The number of para-hydroxylation sites is 1. The highest BCUT2D eigenvalue weighted by molar-refractivity contribution is 5.84. The smallest absolute Gasteiger partial charge is 0.315 e. The van der Waals surface area contributed by atoms with Crippen molar-refractivity contribution in [2.75, 3.05) is 26.8 Å². The maximum absolute atomic E-state index is 12.9. The molecular formula is C19H23NO5. The first-order chi connectivity index (χ1) is 12.1. The van der Waals surface area contributed by atoms with Gasteiger partial charge in [-0.15, -0.1) is 0 Å². The van der Waals surface area contributed by atoms with E-state index in [4.69, 9.17) is 9.47 Å². The highest BCUT2D eigenvalue weighted by Gasteiger charge is 2.58. The van der Waals surface area contributed by atoms with Crippen LogP contribution in [0, 0.1) is 11.3 Å². The third kappa shape index (κ3) is 2.38. The molecule has 2 aliphatic heterocycles. The summed E-state index contributed by atoms with van der Waals surface area (Å²) in [5.41, 5.74) is -0.247. The average molecular weight is 345 g/mol. The molecule has 1 saturated heterocycles. The summed E-state index contributed by atoms with van der Waals surface area (Å²) in [6.07, 6.45) is 4.00. The summed E-state index contributed by atoms with van der Waals surface area (Å²) >= 11 is 0. The van der Waals surface area contributed by atoms with E-state index in [1.807, 2.05) is 18.2 Å². The molecule has 2 fully saturated rings. The molecule has 1 aromatic carbocycles. The second-order valence-corrected chi connectivity index (χ2v) is 7.38. The number of nitrogens with zero attached hydrogens (tertiary/aromatic N) is 1. The lowest BCUT2D eigenvalue weighted by molar-refractivity contribution is -0.152. The molecule has 0 aromatic heterocycles. The van der Waals surface area contributed by atoms with Gasteiger partial charge in [-0.2, -0.15) is 0 Å². The number of rotatable bonds is 3. The monoisotopic (exact) mass is 345 g/mol. The van der Waals surface area contributed by atoms with E-state index in [0.717, 1.165) is 31.2 Å². The SMILES string of the molecule is COc1cccc2c1OC[C@]1(C(=O)O)CN(C(=O)C3CCCC3)CC21. The standard InChI is InChI=1S/C19H23NO5/c1-24-15-8-4-7-13-14-9-20(17(21)12-5-2-3-6-12)10-19(14,18(22)23)11-25-16(13)15/h4,7-8,12,14H,2-3,5-6,9-11H2,1H3,(H,22,23)/t14?,19-/m1/s1. The van der Waals surface area contributed by atoms with Gasteiger partial charge in [-0.3, -0.25) is 9.59 Å². The number of carboxylic acids is 1. The van der Waals surface area contributed by atoms with Crippen LogP contribution in [0.25, 0.3) is 0 Å². The van der Waals surface area contributed by atoms with Gasteiger partial charge in [-0.05, 0) is 18.9 Å². The lowest BCUT2D eigenvalue weighted by atomic mass is 9.73. The van der Waals surface area contributed by atoms with E-state index >= 15 is 0 Å². The highest BCUT2D eigenvalue weighted by Crippen LogP contribution is 2.52. The van der Waals surface area contributed by atoms with Crippen LogP contribution in [0.2, 0.25) is 0 Å². The van der Waals surface area contributed by atoms with Crippen molar-refractivity contribution < 1.29 is 24.2 Å². The zero-order valence-electron chi connectivity index (χ0n) is 14.4. The van der Waals surface area contributed by atoms with Crippen molar-refractivity contribution in [3.8, 4) is 11.5 Å². The number of amides is 1. The van der Waals surface area contributed by atoms with Crippen molar-refractivity contribution >= 4 is 11.9 Å². The molecule has 134 valence electrons. The number of aliphatic carboxylic acids is 1. The van der Waals surface area contributed by atoms with Crippen molar-refractivity contribution in [3.05, 3.63) is 23.8 Å². The quantitative estimate of drug-likeness (QED) is 0.909. The van der Waals surface area contributed by atoms with Crippen LogP contribution < -0.4 is 9.47 Å². The molecule has 2 atom stereocenters. The van der Waals surface area contributed by atoms with Crippen molar-refractivity contribution in [2.24, 2.45) is 11.3 Å². The summed E-state index contributed by atoms with van der Waals surface area (Å²) in [6.45, 7) is 0.721. The summed E-state index contributed by atoms with van der Waals surface area (Å²) < 4.78 is 11.2. The van der Waals surface area contributed by atoms with Gasteiger partial charge in [0.1, 0.15) is 12.0 Å². The Morgan fingerprint density at radius 1 is 1.32 bits per heavy atom. The molecule has 1 aliphatic carbocycles. The molecule has 6 nitrogen and oxygen atoms in total. The van der Waals surface area contributed by atoms with E-state index in [1.165, 1.54) is 0 Å². The zero-order chi connectivity index (χ0) is 17.6. The van der Waals surface area contributed by atoms with Crippen LogP contribution >= 0.6 is 0 Å². The number of likely N-dealkylation sites (tertiary alicyclic amines) is 1. The Morgan fingerprint density at radius 3 is 2.76 bits per heavy atom. The summed E-state index contributed by atoms with van der Waals surface area (Å²) in [7, 11) is 1.57. The summed E-state index contributed by atoms with van der Waals surface area (Å²) in [6, 6.07) is 5.55. The van der Waals surface area contributed by atoms with Gasteiger partial charge in [0.05, 0.1) is 7.11 Å². The minimum Gasteiger partial charge on any atom is -0.493 e. The molecule has 6 heteroatoms. The molecule has 1 unspecified atom stereocenters. The normalized spacial score (nSPS) is 28.2. The van der Waals surface area contributed by atoms with Crippen LogP contribution in [0.1, 0.15) is 37.2 Å². The van der Waals surface area contributed by atoms with E-state index in [-0.39, 0.29) is 30.9 Å². The Labute approximate surface area is 146 Å². The van der Waals surface area contributed by atoms with E-state index < -0.39 is 11.4 Å². The predicted molar refractivity (Wildman–Crippen MR) is 89.8 cm³/mol. The number of fused-ring (bicyclic) bond motifs is 3. The molecule has 1 aromatic rings. The third-order valence-electron chi connectivity index (χ3n) is 6.06. The number of carboxylic acid groups (broad SMARTS) is 1. The van der Waals surface area contributed by atoms with Crippen molar-refractivity contribution in [1.82, 2.24) is 4.90 Å². The molecule has 0 bridgehead atoms. The fourth-order valence-electron chi connectivity index (χ4n) is 4.65. The Hall–Kier alpha value is -2.24. The van der Waals surface area contributed by atoms with Crippen molar-refractivity contribution in [2.45, 2.75) is 31.6 Å². The van der Waals surface area contributed by atoms with Gasteiger partial charge in [0.25, 0.3) is 0 Å². The molecule has 25 heavy (non-hydrogen) atoms. The van der Waals surface area contributed by atoms with Crippen LogP contribution in [0.3, 0.4) is 0 Å². The first kappa shape index (κ1) is 16.2. The third-order valence-corrected chi connectivity index (χ3v) is 6.06. The predicted octanol–water partition coefficient (Wildman–Crippen LogP) is 2.27. The Morgan fingerprint density at radius 2 is 2.08 bits per heavy atom. The lowest BCUT2D eigenvalue weighted by Crippen LogP contribution is -2.46. The molecule has 0 radical (unpaired) electrons. The van der Waals surface area contributed by atoms with Crippen LogP contribution in [-0.2, 0) is 9.59 Å². The zero-order valence-corrected chi connectivity index (χ0v) is 14.4. The summed E-state index contributed by atoms with van der Waals surface area (Å²) in [5.74, 6) is 0.217. The second-order valence-electron chi connectivity index (χ2n) is 7.38. The molecule has 1 N–H and O–H groups in total. The van der Waals surface area contributed by atoms with E-state index in [1.54, 1.807) is 12.0 Å². The van der Waals surface area contributed by atoms with Crippen LogP contribution in [0.4, 0.5) is 0 Å². The molecule has 4 rings (SSSR count). The first-order valence-electron chi connectivity index (χ1n) is 8.88. The average Bonchev–Trinajstić information content (AvgIpc) is 3.28. The number of benzene rings is 1. The number of ether oxygens (including phenoxy) is 2. The fraction of sp³-hybridized carbons (Fsp3) is 0.579. The number of carbonyl (C=O) groups is 2. The van der Waals surface area contributed by atoms with Crippen LogP contribution in [0.15, 0.2) is 18.2 Å². The number of hydrogen-bond acceptors (Lipinski definition) is 4. The van der Waals surface area contributed by atoms with Gasteiger partial charge in [0.15, 0.2) is 11.5 Å². The summed E-state index contributed by atoms with van der Waals surface area (Å²) in [5, 5.41) is 9.97. The minimum atomic E-state index is -1.08. The van der Waals surface area contributed by atoms with E-state index in [2.05, 4.69) is 0 Å². The van der Waals surface area contributed by atoms with Gasteiger partial charge >= 0.3 is 5.97 Å². The maximum Gasteiger partial charge on any atom is 0.315 e. The number of hydrogen-bond donors (Lipinski definition) is 1. The lowest BCUT2D eigenvalue weighted by Gasteiger charge is -2.36. The Kier molecular flexibility index (Phi) is 3.85. The fourth-order valence-corrected chi connectivity index (χ4v) is 4.65. The van der Waals surface area contributed by atoms with Gasteiger partial charge in [0.2, 0.25) is 5.91 Å². The largest absolute Gasteiger partial charge is 0.493 e. The van der Waals surface area contributed by atoms with Gasteiger partial charge in [-0.1, -0.05) is 25.0 Å².